The Balaban J connectivity index is 1.61. The van der Waals surface area contributed by atoms with E-state index in [9.17, 15) is 4.79 Å². The van der Waals surface area contributed by atoms with Gasteiger partial charge in [0.25, 0.3) is 5.91 Å². The minimum absolute atomic E-state index is 0.261. The topological polar surface area (TPSA) is 113 Å². The van der Waals surface area contributed by atoms with Crippen LogP contribution in [0, 0.1) is 11.3 Å². The van der Waals surface area contributed by atoms with Crippen molar-refractivity contribution in [2.45, 2.75) is 12.8 Å². The molecule has 3 aromatic rings. The van der Waals surface area contributed by atoms with E-state index in [0.29, 0.717) is 30.3 Å². The first kappa shape index (κ1) is 20.7. The monoisotopic (exact) mass is 402 g/mol. The van der Waals surface area contributed by atoms with E-state index in [4.69, 9.17) is 10.00 Å². The lowest BCUT2D eigenvalue weighted by atomic mass is 10.1. The quantitative estimate of drug-likeness (QED) is 0.529. The molecule has 0 unspecified atom stereocenters. The summed E-state index contributed by atoms with van der Waals surface area (Å²) in [4.78, 5) is 24.7. The van der Waals surface area contributed by atoms with Crippen LogP contribution in [0.25, 0.3) is 11.3 Å². The molecule has 152 valence electrons. The number of rotatable bonds is 9. The van der Waals surface area contributed by atoms with Crippen molar-refractivity contribution in [3.8, 4) is 23.1 Å². The van der Waals surface area contributed by atoms with Crippen LogP contribution in [0.4, 0.5) is 5.82 Å². The van der Waals surface area contributed by atoms with Crippen molar-refractivity contribution in [1.82, 2.24) is 20.3 Å². The summed E-state index contributed by atoms with van der Waals surface area (Å²) in [7, 11) is 1.66. The number of methoxy groups -OCH3 is 1. The highest BCUT2D eigenvalue weighted by molar-refractivity contribution is 5.92. The predicted octanol–water partition coefficient (Wildman–Crippen LogP) is 2.85. The first-order valence-corrected chi connectivity index (χ1v) is 9.50. The number of aromatic nitrogens is 3. The van der Waals surface area contributed by atoms with Gasteiger partial charge in [0.05, 0.1) is 25.3 Å². The van der Waals surface area contributed by atoms with Crippen LogP contribution in [0.2, 0.25) is 0 Å². The van der Waals surface area contributed by atoms with Gasteiger partial charge in [-0.1, -0.05) is 18.2 Å². The van der Waals surface area contributed by atoms with Crippen molar-refractivity contribution in [2.75, 3.05) is 25.5 Å². The number of nitrogens with one attached hydrogen (secondary N) is 2. The highest BCUT2D eigenvalue weighted by atomic mass is 16.5. The zero-order valence-corrected chi connectivity index (χ0v) is 16.6. The molecule has 8 nitrogen and oxygen atoms in total. The predicted molar refractivity (Wildman–Crippen MR) is 113 cm³/mol. The molecule has 0 bridgehead atoms. The van der Waals surface area contributed by atoms with Gasteiger partial charge in [0.1, 0.15) is 23.6 Å². The van der Waals surface area contributed by atoms with Crippen molar-refractivity contribution in [2.24, 2.45) is 0 Å². The molecule has 0 radical (unpaired) electrons. The van der Waals surface area contributed by atoms with Gasteiger partial charge in [0, 0.05) is 30.9 Å². The van der Waals surface area contributed by atoms with Crippen LogP contribution in [0.3, 0.4) is 0 Å². The van der Waals surface area contributed by atoms with E-state index in [1.807, 2.05) is 36.4 Å². The maximum absolute atomic E-state index is 12.0. The van der Waals surface area contributed by atoms with Crippen LogP contribution in [-0.4, -0.2) is 41.1 Å². The van der Waals surface area contributed by atoms with Gasteiger partial charge in [0.15, 0.2) is 0 Å². The second-order valence-electron chi connectivity index (χ2n) is 6.37. The molecule has 2 aromatic heterocycles. The number of hydrogen-bond acceptors (Lipinski definition) is 7. The number of benzene rings is 1. The summed E-state index contributed by atoms with van der Waals surface area (Å²) in [6, 6.07) is 15.1. The Morgan fingerprint density at radius 2 is 2.00 bits per heavy atom. The second-order valence-corrected chi connectivity index (χ2v) is 6.37. The normalized spacial score (nSPS) is 10.1. The lowest BCUT2D eigenvalue weighted by molar-refractivity contribution is 0.0949. The number of carbonyl (C=O) groups is 1. The van der Waals surface area contributed by atoms with Gasteiger partial charge in [0.2, 0.25) is 0 Å². The molecule has 1 aromatic carbocycles. The largest absolute Gasteiger partial charge is 0.496 e. The zero-order valence-electron chi connectivity index (χ0n) is 16.6. The Kier molecular flexibility index (Phi) is 7.28. The van der Waals surface area contributed by atoms with Crippen molar-refractivity contribution in [3.63, 3.8) is 0 Å². The fourth-order valence-corrected chi connectivity index (χ4v) is 2.85. The Bertz CT molecular complexity index is 1030. The van der Waals surface area contributed by atoms with Crippen LogP contribution < -0.4 is 15.4 Å². The Morgan fingerprint density at radius 1 is 1.13 bits per heavy atom. The lowest BCUT2D eigenvalue weighted by Gasteiger charge is -2.10. The highest BCUT2D eigenvalue weighted by Gasteiger charge is 2.08. The van der Waals surface area contributed by atoms with Crippen molar-refractivity contribution >= 4 is 11.7 Å². The minimum Gasteiger partial charge on any atom is -0.496 e. The van der Waals surface area contributed by atoms with E-state index >= 15 is 0 Å². The summed E-state index contributed by atoms with van der Waals surface area (Å²) in [6.45, 7) is 0.992. The van der Waals surface area contributed by atoms with Gasteiger partial charge in [-0.2, -0.15) is 5.26 Å². The summed E-state index contributed by atoms with van der Waals surface area (Å²) >= 11 is 0. The van der Waals surface area contributed by atoms with Gasteiger partial charge in [-0.05, 0) is 30.2 Å². The van der Waals surface area contributed by atoms with Crippen LogP contribution in [0.1, 0.15) is 22.5 Å². The number of para-hydroxylation sites is 1. The third-order valence-corrected chi connectivity index (χ3v) is 4.37. The summed E-state index contributed by atoms with van der Waals surface area (Å²) in [6.07, 6.45) is 4.14. The Labute approximate surface area is 175 Å². The molecule has 2 N–H and O–H groups in total. The molecular formula is C22H22N6O2. The van der Waals surface area contributed by atoms with Gasteiger partial charge in [-0.3, -0.25) is 9.78 Å². The standard InChI is InChI=1S/C22H22N6O2/c1-30-20-6-3-2-5-16(20)9-12-24-21-13-19(27-15-28-21)17-7-8-18(26-14-17)22(29)25-11-4-10-23/h2-3,5-8,13-15H,4,9,11-12H2,1H3,(H,25,29)(H,24,27,28). The molecule has 0 spiro atoms. The van der Waals surface area contributed by atoms with Crippen molar-refractivity contribution in [1.29, 1.82) is 5.26 Å². The molecule has 0 fully saturated rings. The molecule has 0 aliphatic heterocycles. The molecule has 0 aliphatic carbocycles. The number of carbonyl (C=O) groups excluding carboxylic acids is 1. The maximum Gasteiger partial charge on any atom is 0.269 e. The third kappa shape index (κ3) is 5.52. The minimum atomic E-state index is -0.307. The Morgan fingerprint density at radius 3 is 2.77 bits per heavy atom. The zero-order chi connectivity index (χ0) is 21.2. The Hall–Kier alpha value is -3.99. The molecule has 0 saturated heterocycles. The van der Waals surface area contributed by atoms with E-state index in [-0.39, 0.29) is 12.3 Å². The molecule has 1 amide bonds. The number of amides is 1. The molecule has 0 aliphatic rings. The number of pyridine rings is 1. The first-order valence-electron chi connectivity index (χ1n) is 9.50. The number of hydrogen-bond donors (Lipinski definition) is 2. The van der Waals surface area contributed by atoms with E-state index in [0.717, 1.165) is 23.3 Å². The third-order valence-electron chi connectivity index (χ3n) is 4.37. The van der Waals surface area contributed by atoms with E-state index in [1.54, 1.807) is 25.4 Å². The molecule has 8 heteroatoms. The molecule has 0 atom stereocenters. The van der Waals surface area contributed by atoms with Gasteiger partial charge < -0.3 is 15.4 Å². The van der Waals surface area contributed by atoms with E-state index < -0.39 is 0 Å². The summed E-state index contributed by atoms with van der Waals surface area (Å²) in [5.74, 6) is 1.26. The number of ether oxygens (including phenoxy) is 1. The van der Waals surface area contributed by atoms with Crippen LogP contribution in [-0.2, 0) is 6.42 Å². The summed E-state index contributed by atoms with van der Waals surface area (Å²) in [5, 5.41) is 14.5. The lowest BCUT2D eigenvalue weighted by Crippen LogP contribution is -2.25. The first-order chi connectivity index (χ1) is 14.7. The number of anilines is 1. The van der Waals surface area contributed by atoms with E-state index in [2.05, 4.69) is 25.6 Å². The molecule has 30 heavy (non-hydrogen) atoms. The fourth-order valence-electron chi connectivity index (χ4n) is 2.85. The average molecular weight is 402 g/mol. The fraction of sp³-hybridized carbons (Fsp3) is 0.227. The van der Waals surface area contributed by atoms with Crippen LogP contribution in [0.5, 0.6) is 5.75 Å². The molecule has 2 heterocycles. The van der Waals surface area contributed by atoms with Gasteiger partial charge in [-0.25, -0.2) is 9.97 Å². The van der Waals surface area contributed by atoms with Crippen LogP contribution >= 0.6 is 0 Å². The highest BCUT2D eigenvalue weighted by Crippen LogP contribution is 2.20. The van der Waals surface area contributed by atoms with Gasteiger partial charge in [-0.15, -0.1) is 0 Å². The van der Waals surface area contributed by atoms with Gasteiger partial charge >= 0.3 is 0 Å². The summed E-state index contributed by atoms with van der Waals surface area (Å²) in [5.41, 5.74) is 2.89. The maximum atomic E-state index is 12.0. The number of nitrogens with zero attached hydrogens (tertiary/aromatic N) is 4. The smallest absolute Gasteiger partial charge is 0.269 e. The van der Waals surface area contributed by atoms with Crippen molar-refractivity contribution < 1.29 is 9.53 Å². The molecule has 0 saturated carbocycles. The second kappa shape index (κ2) is 10.5. The van der Waals surface area contributed by atoms with E-state index in [1.165, 1.54) is 6.33 Å². The molecular weight excluding hydrogens is 380 g/mol. The summed E-state index contributed by atoms with van der Waals surface area (Å²) < 4.78 is 5.38. The molecule has 3 rings (SSSR count). The van der Waals surface area contributed by atoms with Crippen LogP contribution in [0.15, 0.2) is 55.0 Å². The average Bonchev–Trinajstić information content (AvgIpc) is 2.80. The SMILES string of the molecule is COc1ccccc1CCNc1cc(-c2ccc(C(=O)NCCC#N)nc2)ncn1. The number of nitriles is 1. The van der Waals surface area contributed by atoms with Crippen molar-refractivity contribution in [3.05, 3.63) is 66.2 Å².